The Kier molecular flexibility index (Phi) is 4.99. The fourth-order valence-electron chi connectivity index (χ4n) is 3.53. The van der Waals surface area contributed by atoms with Crippen LogP contribution in [0.15, 0.2) is 34.4 Å². The SMILES string of the molecule is NC(=O)C1CCN(Cc2nc3scc(-c4ccccc4Cl)c3c(=O)[nH]2)CC1. The Morgan fingerprint density at radius 2 is 2.04 bits per heavy atom. The first-order valence-corrected chi connectivity index (χ1v) is 10.1. The van der Waals surface area contributed by atoms with Crippen LogP contribution in [0.1, 0.15) is 18.7 Å². The van der Waals surface area contributed by atoms with Gasteiger partial charge in [0.15, 0.2) is 0 Å². The van der Waals surface area contributed by atoms with Crippen LogP contribution in [0.5, 0.6) is 0 Å². The lowest BCUT2D eigenvalue weighted by Crippen LogP contribution is -2.38. The molecule has 3 heterocycles. The van der Waals surface area contributed by atoms with E-state index < -0.39 is 0 Å². The molecule has 3 N–H and O–H groups in total. The molecule has 1 fully saturated rings. The van der Waals surface area contributed by atoms with Gasteiger partial charge in [0.1, 0.15) is 10.7 Å². The molecule has 140 valence electrons. The first-order chi connectivity index (χ1) is 13.0. The second-order valence-corrected chi connectivity index (χ2v) is 8.04. The van der Waals surface area contributed by atoms with Gasteiger partial charge in [-0.05, 0) is 32.0 Å². The normalized spacial score (nSPS) is 16.0. The highest BCUT2D eigenvalue weighted by molar-refractivity contribution is 7.17. The molecule has 6 nitrogen and oxygen atoms in total. The Morgan fingerprint density at radius 3 is 2.74 bits per heavy atom. The minimum Gasteiger partial charge on any atom is -0.369 e. The predicted octanol–water partition coefficient (Wildman–Crippen LogP) is 3.00. The van der Waals surface area contributed by atoms with Crippen molar-refractivity contribution in [2.45, 2.75) is 19.4 Å². The maximum absolute atomic E-state index is 12.7. The molecular formula is C19H19ClN4O2S. The van der Waals surface area contributed by atoms with Crippen molar-refractivity contribution >= 4 is 39.1 Å². The third kappa shape index (κ3) is 3.63. The molecule has 1 amide bonds. The number of hydrogen-bond donors (Lipinski definition) is 2. The number of likely N-dealkylation sites (tertiary alicyclic amines) is 1. The monoisotopic (exact) mass is 402 g/mol. The highest BCUT2D eigenvalue weighted by atomic mass is 35.5. The van der Waals surface area contributed by atoms with E-state index >= 15 is 0 Å². The van der Waals surface area contributed by atoms with Crippen LogP contribution in [0, 0.1) is 5.92 Å². The summed E-state index contributed by atoms with van der Waals surface area (Å²) in [5.41, 5.74) is 6.87. The van der Waals surface area contributed by atoms with Crippen molar-refractivity contribution in [1.82, 2.24) is 14.9 Å². The quantitative estimate of drug-likeness (QED) is 0.701. The van der Waals surface area contributed by atoms with E-state index in [2.05, 4.69) is 14.9 Å². The van der Waals surface area contributed by atoms with Gasteiger partial charge in [0.2, 0.25) is 5.91 Å². The molecule has 0 saturated carbocycles. The number of nitrogens with one attached hydrogen (secondary N) is 1. The minimum atomic E-state index is -0.228. The van der Waals surface area contributed by atoms with Crippen LogP contribution in [0.2, 0.25) is 5.02 Å². The summed E-state index contributed by atoms with van der Waals surface area (Å²) < 4.78 is 0. The Labute approximate surface area is 165 Å². The summed E-state index contributed by atoms with van der Waals surface area (Å²) in [5.74, 6) is 0.358. The average Bonchev–Trinajstić information content (AvgIpc) is 3.07. The molecule has 4 rings (SSSR count). The third-order valence-electron chi connectivity index (χ3n) is 5.02. The van der Waals surface area contributed by atoms with Crippen molar-refractivity contribution < 1.29 is 4.79 Å². The molecule has 8 heteroatoms. The largest absolute Gasteiger partial charge is 0.369 e. The Balaban J connectivity index is 1.60. The van der Waals surface area contributed by atoms with Gasteiger partial charge in [-0.15, -0.1) is 11.3 Å². The Bertz CT molecular complexity index is 1050. The second kappa shape index (κ2) is 7.42. The van der Waals surface area contributed by atoms with Crippen LogP contribution in [0.3, 0.4) is 0 Å². The molecule has 0 atom stereocenters. The van der Waals surface area contributed by atoms with Crippen LogP contribution in [0.25, 0.3) is 21.3 Å². The number of carbonyl (C=O) groups excluding carboxylic acids is 1. The molecule has 1 saturated heterocycles. The summed E-state index contributed by atoms with van der Waals surface area (Å²) in [6, 6.07) is 7.48. The van der Waals surface area contributed by atoms with Crippen molar-refractivity contribution in [1.29, 1.82) is 0 Å². The molecule has 0 unspecified atom stereocenters. The second-order valence-electron chi connectivity index (χ2n) is 6.77. The van der Waals surface area contributed by atoms with E-state index in [0.717, 1.165) is 37.1 Å². The van der Waals surface area contributed by atoms with Crippen LogP contribution in [0.4, 0.5) is 0 Å². The maximum atomic E-state index is 12.7. The van der Waals surface area contributed by atoms with E-state index in [9.17, 15) is 9.59 Å². The number of aromatic nitrogens is 2. The number of thiophene rings is 1. The number of H-pyrrole nitrogens is 1. The lowest BCUT2D eigenvalue weighted by molar-refractivity contribution is -0.123. The molecule has 1 aliphatic heterocycles. The number of nitrogens with two attached hydrogens (primary N) is 1. The van der Waals surface area contributed by atoms with Gasteiger partial charge in [-0.2, -0.15) is 0 Å². The van der Waals surface area contributed by atoms with Crippen molar-refractivity contribution in [3.8, 4) is 11.1 Å². The number of benzene rings is 1. The van der Waals surface area contributed by atoms with Crippen LogP contribution in [-0.2, 0) is 11.3 Å². The molecule has 2 aromatic heterocycles. The lowest BCUT2D eigenvalue weighted by atomic mass is 9.96. The van der Waals surface area contributed by atoms with Gasteiger partial charge >= 0.3 is 0 Å². The fourth-order valence-corrected chi connectivity index (χ4v) is 4.73. The van der Waals surface area contributed by atoms with Crippen LogP contribution < -0.4 is 11.3 Å². The van der Waals surface area contributed by atoms with Gasteiger partial charge in [-0.25, -0.2) is 4.98 Å². The maximum Gasteiger partial charge on any atom is 0.260 e. The molecule has 3 aromatic rings. The minimum absolute atomic E-state index is 0.0498. The zero-order valence-electron chi connectivity index (χ0n) is 14.6. The number of aromatic amines is 1. The van der Waals surface area contributed by atoms with E-state index in [1.807, 2.05) is 29.6 Å². The highest BCUT2D eigenvalue weighted by Gasteiger charge is 2.24. The predicted molar refractivity (Wildman–Crippen MR) is 108 cm³/mol. The number of fused-ring (bicyclic) bond motifs is 1. The average molecular weight is 403 g/mol. The van der Waals surface area contributed by atoms with Crippen molar-refractivity contribution in [2.75, 3.05) is 13.1 Å². The molecule has 0 aliphatic carbocycles. The summed E-state index contributed by atoms with van der Waals surface area (Å²) >= 11 is 7.74. The zero-order valence-corrected chi connectivity index (χ0v) is 16.1. The lowest BCUT2D eigenvalue weighted by Gasteiger charge is -2.29. The molecular weight excluding hydrogens is 384 g/mol. The molecule has 0 radical (unpaired) electrons. The summed E-state index contributed by atoms with van der Waals surface area (Å²) in [5, 5.41) is 3.11. The number of nitrogens with zero attached hydrogens (tertiary/aromatic N) is 2. The van der Waals surface area contributed by atoms with Gasteiger partial charge < -0.3 is 10.7 Å². The number of carbonyl (C=O) groups is 1. The Morgan fingerprint density at radius 1 is 1.30 bits per heavy atom. The van der Waals surface area contributed by atoms with E-state index in [1.54, 1.807) is 0 Å². The number of hydrogen-bond acceptors (Lipinski definition) is 5. The molecule has 27 heavy (non-hydrogen) atoms. The number of primary amides is 1. The van der Waals surface area contributed by atoms with Gasteiger partial charge in [-0.3, -0.25) is 14.5 Å². The third-order valence-corrected chi connectivity index (χ3v) is 6.22. The van der Waals surface area contributed by atoms with E-state index in [0.29, 0.717) is 27.6 Å². The molecule has 1 aromatic carbocycles. The van der Waals surface area contributed by atoms with Crippen molar-refractivity contribution in [2.24, 2.45) is 11.7 Å². The first kappa shape index (κ1) is 18.2. The van der Waals surface area contributed by atoms with Gasteiger partial charge in [0.25, 0.3) is 5.56 Å². The summed E-state index contributed by atoms with van der Waals surface area (Å²) in [7, 11) is 0. The molecule has 0 bridgehead atoms. The summed E-state index contributed by atoms with van der Waals surface area (Å²) in [6.07, 6.45) is 1.49. The topological polar surface area (TPSA) is 92.1 Å². The van der Waals surface area contributed by atoms with Crippen molar-refractivity contribution in [3.63, 3.8) is 0 Å². The van der Waals surface area contributed by atoms with Crippen molar-refractivity contribution in [3.05, 3.63) is 50.8 Å². The number of piperidine rings is 1. The van der Waals surface area contributed by atoms with E-state index in [1.165, 1.54) is 11.3 Å². The number of rotatable bonds is 4. The number of halogens is 1. The van der Waals surface area contributed by atoms with Crippen LogP contribution in [-0.4, -0.2) is 33.9 Å². The van der Waals surface area contributed by atoms with E-state index in [-0.39, 0.29) is 17.4 Å². The Hall–Kier alpha value is -2.22. The standard InChI is InChI=1S/C19H19ClN4O2S/c20-14-4-2-1-3-12(14)13-10-27-19-16(13)18(26)22-15(23-19)9-24-7-5-11(6-8-24)17(21)25/h1-4,10-11H,5-9H2,(H2,21,25)(H,22,23,26). The number of amides is 1. The highest BCUT2D eigenvalue weighted by Crippen LogP contribution is 2.34. The van der Waals surface area contributed by atoms with Gasteiger partial charge in [0.05, 0.1) is 11.9 Å². The van der Waals surface area contributed by atoms with Gasteiger partial charge in [0, 0.05) is 27.4 Å². The summed E-state index contributed by atoms with van der Waals surface area (Å²) in [4.78, 5) is 34.5. The van der Waals surface area contributed by atoms with Crippen LogP contribution >= 0.6 is 22.9 Å². The summed E-state index contributed by atoms with van der Waals surface area (Å²) in [6.45, 7) is 2.09. The first-order valence-electron chi connectivity index (χ1n) is 8.80. The molecule has 0 spiro atoms. The van der Waals surface area contributed by atoms with Gasteiger partial charge in [-0.1, -0.05) is 29.8 Å². The zero-order chi connectivity index (χ0) is 19.0. The smallest absolute Gasteiger partial charge is 0.260 e. The van der Waals surface area contributed by atoms with E-state index in [4.69, 9.17) is 17.3 Å². The molecule has 1 aliphatic rings. The fraction of sp³-hybridized carbons (Fsp3) is 0.316.